The summed E-state index contributed by atoms with van der Waals surface area (Å²) in [7, 11) is 0. The lowest BCUT2D eigenvalue weighted by molar-refractivity contribution is 0.463. The number of nitrogens with one attached hydrogen (secondary N) is 1. The fourth-order valence-corrected chi connectivity index (χ4v) is 3.36. The second-order valence-electron chi connectivity index (χ2n) is 6.12. The summed E-state index contributed by atoms with van der Waals surface area (Å²) in [5.41, 5.74) is 8.74. The van der Waals surface area contributed by atoms with Crippen LogP contribution in [0.4, 0.5) is 17.6 Å². The van der Waals surface area contributed by atoms with Crippen molar-refractivity contribution in [2.75, 3.05) is 11.1 Å². The van der Waals surface area contributed by atoms with Crippen LogP contribution in [-0.4, -0.2) is 25.1 Å². The van der Waals surface area contributed by atoms with Gasteiger partial charge in [0.15, 0.2) is 0 Å². The number of hydrogen-bond acceptors (Lipinski definition) is 10. The van der Waals surface area contributed by atoms with Crippen molar-refractivity contribution in [1.29, 1.82) is 0 Å². The first kappa shape index (κ1) is 18.9. The molecule has 0 amide bonds. The minimum atomic E-state index is 0.146. The Hall–Kier alpha value is -3.40. The second-order valence-corrected chi connectivity index (χ2v) is 7.05. The number of benzene rings is 1. The smallest absolute Gasteiger partial charge is 0.277 e. The van der Waals surface area contributed by atoms with E-state index in [1.54, 1.807) is 12.3 Å². The Bertz CT molecular complexity index is 1130. The topological polar surface area (TPSA) is 129 Å². The van der Waals surface area contributed by atoms with Gasteiger partial charge in [0, 0.05) is 5.69 Å². The van der Waals surface area contributed by atoms with Gasteiger partial charge >= 0.3 is 0 Å². The molecule has 0 fully saturated rings. The molecule has 0 radical (unpaired) electrons. The van der Waals surface area contributed by atoms with Crippen molar-refractivity contribution >= 4 is 29.3 Å². The van der Waals surface area contributed by atoms with Crippen LogP contribution in [0, 0.1) is 6.92 Å². The number of nitrogens with zero attached hydrogens (tertiary/aromatic N) is 5. The van der Waals surface area contributed by atoms with Gasteiger partial charge in [-0.25, -0.2) is 0 Å². The molecule has 4 rings (SSSR count). The third-order valence-corrected chi connectivity index (χ3v) is 4.98. The van der Waals surface area contributed by atoms with Crippen LogP contribution in [0.15, 0.2) is 50.7 Å². The molecule has 1 aromatic carbocycles. The van der Waals surface area contributed by atoms with Gasteiger partial charge in [-0.2, -0.15) is 15.0 Å². The molecule has 4 aromatic rings. The monoisotopic (exact) mass is 409 g/mol. The summed E-state index contributed by atoms with van der Waals surface area (Å²) in [6.45, 7) is 3.93. The van der Waals surface area contributed by atoms with E-state index >= 15 is 0 Å². The Balaban J connectivity index is 1.47. The van der Waals surface area contributed by atoms with E-state index in [0.717, 1.165) is 29.0 Å². The maximum Gasteiger partial charge on any atom is 0.277 e. The molecule has 0 saturated carbocycles. The van der Waals surface area contributed by atoms with Crippen molar-refractivity contribution in [3.63, 3.8) is 0 Å². The van der Waals surface area contributed by atoms with E-state index < -0.39 is 0 Å². The van der Waals surface area contributed by atoms with Crippen molar-refractivity contribution in [2.45, 2.75) is 31.2 Å². The molecule has 0 aliphatic heterocycles. The number of rotatable bonds is 7. The molecule has 0 unspecified atom stereocenters. The van der Waals surface area contributed by atoms with E-state index in [1.165, 1.54) is 11.8 Å². The highest BCUT2D eigenvalue weighted by molar-refractivity contribution is 7.98. The molecule has 10 heteroatoms. The van der Waals surface area contributed by atoms with E-state index in [1.807, 2.05) is 25.1 Å². The summed E-state index contributed by atoms with van der Waals surface area (Å²) in [4.78, 5) is 12.8. The van der Waals surface area contributed by atoms with Gasteiger partial charge in [0.05, 0.1) is 17.6 Å². The van der Waals surface area contributed by atoms with Crippen LogP contribution in [0.5, 0.6) is 0 Å². The van der Waals surface area contributed by atoms with Crippen LogP contribution in [0.25, 0.3) is 11.5 Å². The molecule has 0 spiro atoms. The summed E-state index contributed by atoms with van der Waals surface area (Å²) in [5, 5.41) is 11.7. The molecule has 0 aliphatic rings. The largest absolute Gasteiger partial charge is 0.469 e. The van der Waals surface area contributed by atoms with E-state index in [2.05, 4.69) is 43.5 Å². The van der Waals surface area contributed by atoms with E-state index in [0.29, 0.717) is 28.6 Å². The fourth-order valence-electron chi connectivity index (χ4n) is 2.74. The van der Waals surface area contributed by atoms with Crippen LogP contribution >= 0.6 is 11.8 Å². The predicted molar refractivity (Wildman–Crippen MR) is 110 cm³/mol. The van der Waals surface area contributed by atoms with Crippen LogP contribution < -0.4 is 11.1 Å². The second kappa shape index (κ2) is 8.31. The molecule has 3 heterocycles. The van der Waals surface area contributed by atoms with Crippen molar-refractivity contribution in [3.8, 4) is 11.5 Å². The van der Waals surface area contributed by atoms with Gasteiger partial charge in [-0.15, -0.1) is 10.2 Å². The average Bonchev–Trinajstić information content (AvgIpc) is 3.35. The number of anilines is 3. The zero-order chi connectivity index (χ0) is 20.2. The molecular formula is C19H19N7O2S. The van der Waals surface area contributed by atoms with E-state index in [-0.39, 0.29) is 5.95 Å². The van der Waals surface area contributed by atoms with Crippen molar-refractivity contribution in [3.05, 3.63) is 53.7 Å². The molecule has 3 aromatic heterocycles. The average molecular weight is 409 g/mol. The highest BCUT2D eigenvalue weighted by Gasteiger charge is 2.14. The molecule has 0 atom stereocenters. The number of furan rings is 1. The number of nitrogens with two attached hydrogens (primary N) is 1. The van der Waals surface area contributed by atoms with Gasteiger partial charge in [0.2, 0.25) is 11.9 Å². The van der Waals surface area contributed by atoms with Gasteiger partial charge in [-0.1, -0.05) is 36.9 Å². The maximum absolute atomic E-state index is 5.86. The van der Waals surface area contributed by atoms with Crippen molar-refractivity contribution in [2.24, 2.45) is 0 Å². The minimum absolute atomic E-state index is 0.146. The number of thioether (sulfide) groups is 1. The lowest BCUT2D eigenvalue weighted by Gasteiger charge is -2.10. The SMILES string of the molecule is CCc1ccccc1Nc1nc(N)nc(CSc2nnc(-c3ccoc3C)o2)n1. The first-order chi connectivity index (χ1) is 14.1. The van der Waals surface area contributed by atoms with Crippen LogP contribution in [-0.2, 0) is 12.2 Å². The number of hydrogen-bond donors (Lipinski definition) is 2. The molecule has 9 nitrogen and oxygen atoms in total. The van der Waals surface area contributed by atoms with E-state index in [4.69, 9.17) is 14.6 Å². The summed E-state index contributed by atoms with van der Waals surface area (Å²) in [6.07, 6.45) is 2.47. The quantitative estimate of drug-likeness (QED) is 0.432. The number of nitrogen functional groups attached to an aromatic ring is 1. The number of aryl methyl sites for hydroxylation is 2. The third kappa shape index (κ3) is 4.37. The fraction of sp³-hybridized carbons (Fsp3) is 0.211. The predicted octanol–water partition coefficient (Wildman–Crippen LogP) is 4.00. The van der Waals surface area contributed by atoms with E-state index in [9.17, 15) is 0 Å². The normalized spacial score (nSPS) is 11.0. The third-order valence-electron chi connectivity index (χ3n) is 4.16. The lowest BCUT2D eigenvalue weighted by Crippen LogP contribution is -2.07. The highest BCUT2D eigenvalue weighted by Crippen LogP contribution is 2.28. The molecular weight excluding hydrogens is 390 g/mol. The summed E-state index contributed by atoms with van der Waals surface area (Å²) >= 11 is 1.32. The molecule has 0 aliphatic carbocycles. The molecule has 3 N–H and O–H groups in total. The first-order valence-corrected chi connectivity index (χ1v) is 9.97. The van der Waals surface area contributed by atoms with Crippen molar-refractivity contribution < 1.29 is 8.83 Å². The standard InChI is InChI=1S/C19H19N7O2S/c1-3-12-6-4-5-7-14(12)21-18-23-15(22-17(20)24-18)10-29-19-26-25-16(28-19)13-8-9-27-11(13)2/h4-9H,3,10H2,1-2H3,(H3,20,21,22,23,24). The summed E-state index contributed by atoms with van der Waals surface area (Å²) in [5.74, 6) is 2.59. The zero-order valence-electron chi connectivity index (χ0n) is 15.9. The molecule has 0 bridgehead atoms. The number of aromatic nitrogens is 5. The zero-order valence-corrected chi connectivity index (χ0v) is 16.7. The van der Waals surface area contributed by atoms with Gasteiger partial charge in [-0.3, -0.25) is 0 Å². The summed E-state index contributed by atoms with van der Waals surface area (Å²) in [6, 6.07) is 9.77. The lowest BCUT2D eigenvalue weighted by atomic mass is 10.1. The van der Waals surface area contributed by atoms with Crippen LogP contribution in [0.3, 0.4) is 0 Å². The Kier molecular flexibility index (Phi) is 5.43. The maximum atomic E-state index is 5.86. The summed E-state index contributed by atoms with van der Waals surface area (Å²) < 4.78 is 10.9. The Morgan fingerprint density at radius 2 is 1.97 bits per heavy atom. The molecule has 148 valence electrons. The number of para-hydroxylation sites is 1. The van der Waals surface area contributed by atoms with Gasteiger partial charge < -0.3 is 19.9 Å². The van der Waals surface area contributed by atoms with Crippen LogP contribution in [0.1, 0.15) is 24.1 Å². The Labute approximate surface area is 171 Å². The van der Waals surface area contributed by atoms with Gasteiger partial charge in [-0.05, 0) is 31.0 Å². The van der Waals surface area contributed by atoms with Crippen LogP contribution in [0.2, 0.25) is 0 Å². The van der Waals surface area contributed by atoms with Gasteiger partial charge in [0.25, 0.3) is 11.1 Å². The van der Waals surface area contributed by atoms with Gasteiger partial charge in [0.1, 0.15) is 11.6 Å². The minimum Gasteiger partial charge on any atom is -0.469 e. The Morgan fingerprint density at radius 3 is 2.76 bits per heavy atom. The Morgan fingerprint density at radius 1 is 1.10 bits per heavy atom. The first-order valence-electron chi connectivity index (χ1n) is 8.98. The molecule has 0 saturated heterocycles. The highest BCUT2D eigenvalue weighted by atomic mass is 32.2. The van der Waals surface area contributed by atoms with Crippen molar-refractivity contribution in [1.82, 2.24) is 25.1 Å². The molecule has 29 heavy (non-hydrogen) atoms.